The van der Waals surface area contributed by atoms with Crippen molar-refractivity contribution in [3.05, 3.63) is 77.2 Å². The Labute approximate surface area is 142 Å². The van der Waals surface area contributed by atoms with Gasteiger partial charge in [-0.25, -0.2) is 9.97 Å². The van der Waals surface area contributed by atoms with Crippen LogP contribution >= 0.6 is 0 Å². The van der Waals surface area contributed by atoms with Gasteiger partial charge in [0.15, 0.2) is 0 Å². The third kappa shape index (κ3) is 2.59. The van der Waals surface area contributed by atoms with Crippen molar-refractivity contribution < 1.29 is 5.21 Å². The maximum absolute atomic E-state index is 12.4. The summed E-state index contributed by atoms with van der Waals surface area (Å²) in [7, 11) is 0. The van der Waals surface area contributed by atoms with Gasteiger partial charge in [-0.1, -0.05) is 48.5 Å². The van der Waals surface area contributed by atoms with Gasteiger partial charge in [-0.15, -0.1) is 0 Å². The Hall–Kier alpha value is -3.67. The van der Waals surface area contributed by atoms with Gasteiger partial charge in [0.2, 0.25) is 5.95 Å². The summed E-state index contributed by atoms with van der Waals surface area (Å²) < 4.78 is 0.520. The van der Waals surface area contributed by atoms with Crippen molar-refractivity contribution in [3.63, 3.8) is 0 Å². The second-order valence-corrected chi connectivity index (χ2v) is 5.60. The molecule has 0 bridgehead atoms. The van der Waals surface area contributed by atoms with Crippen LogP contribution in [0.1, 0.15) is 0 Å². The van der Waals surface area contributed by atoms with Crippen molar-refractivity contribution in [2.24, 2.45) is 0 Å². The normalized spacial score (nSPS) is 10.9. The fourth-order valence-corrected chi connectivity index (χ4v) is 2.84. The zero-order valence-electron chi connectivity index (χ0n) is 13.1. The molecule has 0 aliphatic heterocycles. The largest absolute Gasteiger partial charge is 0.425 e. The van der Waals surface area contributed by atoms with Crippen molar-refractivity contribution in [3.8, 4) is 22.4 Å². The first kappa shape index (κ1) is 14.9. The molecule has 25 heavy (non-hydrogen) atoms. The zero-order chi connectivity index (χ0) is 17.4. The highest BCUT2D eigenvalue weighted by molar-refractivity contribution is 5.93. The number of hydrogen-bond donors (Lipinski definition) is 2. The number of pyridine rings is 1. The molecule has 2 aromatic heterocycles. The number of aromatic nitrogens is 3. The second kappa shape index (κ2) is 5.76. The lowest BCUT2D eigenvalue weighted by Crippen LogP contribution is -2.18. The zero-order valence-corrected chi connectivity index (χ0v) is 13.1. The Morgan fingerprint density at radius 2 is 1.60 bits per heavy atom. The maximum atomic E-state index is 12.4. The molecule has 122 valence electrons. The van der Waals surface area contributed by atoms with E-state index in [9.17, 15) is 10.0 Å². The Bertz CT molecular complexity index is 1140. The minimum absolute atomic E-state index is 0.0719. The van der Waals surface area contributed by atoms with Crippen LogP contribution in [0.3, 0.4) is 0 Å². The van der Waals surface area contributed by atoms with Crippen LogP contribution < -0.4 is 11.3 Å². The molecule has 6 heteroatoms. The predicted molar refractivity (Wildman–Crippen MR) is 96.3 cm³/mol. The highest BCUT2D eigenvalue weighted by Gasteiger charge is 2.14. The predicted octanol–water partition coefficient (Wildman–Crippen LogP) is 2.95. The van der Waals surface area contributed by atoms with Gasteiger partial charge < -0.3 is 10.9 Å². The average Bonchev–Trinajstić information content (AvgIpc) is 2.65. The highest BCUT2D eigenvalue weighted by Crippen LogP contribution is 2.28. The molecule has 2 heterocycles. The summed E-state index contributed by atoms with van der Waals surface area (Å²) in [6.45, 7) is 0. The van der Waals surface area contributed by atoms with Gasteiger partial charge >= 0.3 is 0 Å². The average molecular weight is 330 g/mol. The maximum Gasteiger partial charge on any atom is 0.294 e. The molecule has 0 radical (unpaired) electrons. The number of benzene rings is 2. The quantitative estimate of drug-likeness (QED) is 0.551. The first-order chi connectivity index (χ1) is 12.1. The third-order valence-electron chi connectivity index (χ3n) is 3.99. The Balaban J connectivity index is 2.00. The van der Waals surface area contributed by atoms with Crippen molar-refractivity contribution in [1.82, 2.24) is 14.7 Å². The third-order valence-corrected chi connectivity index (χ3v) is 3.99. The molecule has 0 unspecified atom stereocenters. The Morgan fingerprint density at radius 3 is 2.40 bits per heavy atom. The van der Waals surface area contributed by atoms with E-state index >= 15 is 0 Å². The second-order valence-electron chi connectivity index (χ2n) is 5.60. The van der Waals surface area contributed by atoms with Gasteiger partial charge in [-0.05, 0) is 23.3 Å². The van der Waals surface area contributed by atoms with E-state index in [1.165, 1.54) is 12.3 Å². The van der Waals surface area contributed by atoms with Crippen LogP contribution in [-0.4, -0.2) is 19.9 Å². The Morgan fingerprint density at radius 1 is 0.880 bits per heavy atom. The fourth-order valence-electron chi connectivity index (χ4n) is 2.84. The van der Waals surface area contributed by atoms with Crippen LogP contribution in [0.4, 0.5) is 5.95 Å². The van der Waals surface area contributed by atoms with Crippen molar-refractivity contribution in [2.75, 3.05) is 5.73 Å². The summed E-state index contributed by atoms with van der Waals surface area (Å²) in [6, 6.07) is 19.1. The number of hydrogen-bond acceptors (Lipinski definition) is 5. The smallest absolute Gasteiger partial charge is 0.294 e. The summed E-state index contributed by atoms with van der Waals surface area (Å²) in [4.78, 5) is 20.7. The molecular formula is C19H14N4O2. The van der Waals surface area contributed by atoms with Crippen LogP contribution in [0, 0.1) is 0 Å². The molecule has 4 aromatic rings. The van der Waals surface area contributed by atoms with E-state index in [1.807, 2.05) is 54.6 Å². The summed E-state index contributed by atoms with van der Waals surface area (Å²) >= 11 is 0. The molecule has 4 rings (SSSR count). The van der Waals surface area contributed by atoms with E-state index in [0.29, 0.717) is 15.9 Å². The monoisotopic (exact) mass is 330 g/mol. The van der Waals surface area contributed by atoms with Gasteiger partial charge in [0, 0.05) is 11.8 Å². The lowest BCUT2D eigenvalue weighted by atomic mass is 10.0. The minimum Gasteiger partial charge on any atom is -0.425 e. The molecule has 0 saturated carbocycles. The molecule has 0 spiro atoms. The van der Waals surface area contributed by atoms with Gasteiger partial charge in [0.1, 0.15) is 0 Å². The van der Waals surface area contributed by atoms with E-state index in [1.54, 1.807) is 0 Å². The molecule has 2 aromatic carbocycles. The number of anilines is 1. The van der Waals surface area contributed by atoms with Gasteiger partial charge in [0.25, 0.3) is 5.56 Å². The van der Waals surface area contributed by atoms with Gasteiger partial charge in [-0.3, -0.25) is 4.79 Å². The van der Waals surface area contributed by atoms with Crippen molar-refractivity contribution in [2.45, 2.75) is 0 Å². The Kier molecular flexibility index (Phi) is 3.43. The van der Waals surface area contributed by atoms with Crippen LogP contribution in [0.15, 0.2) is 71.7 Å². The van der Waals surface area contributed by atoms with Crippen LogP contribution in [0.5, 0.6) is 0 Å². The summed E-state index contributed by atoms with van der Waals surface area (Å²) in [5.41, 5.74) is 8.78. The summed E-state index contributed by atoms with van der Waals surface area (Å²) in [6.07, 6.45) is 1.24. The molecule has 0 atom stereocenters. The van der Waals surface area contributed by atoms with E-state index in [2.05, 4.69) is 9.97 Å². The topological polar surface area (TPSA) is 94.0 Å². The minimum atomic E-state index is -0.586. The molecule has 0 amide bonds. The first-order valence-corrected chi connectivity index (χ1v) is 7.67. The molecule has 3 N–H and O–H groups in total. The van der Waals surface area contributed by atoms with Crippen molar-refractivity contribution >= 4 is 16.9 Å². The summed E-state index contributed by atoms with van der Waals surface area (Å²) in [5, 5.41) is 9.93. The van der Waals surface area contributed by atoms with E-state index in [0.717, 1.165) is 16.7 Å². The van der Waals surface area contributed by atoms with Gasteiger partial charge in [0.05, 0.1) is 16.6 Å². The molecule has 0 fully saturated rings. The van der Waals surface area contributed by atoms with Crippen molar-refractivity contribution in [1.29, 1.82) is 0 Å². The lowest BCUT2D eigenvalue weighted by Gasteiger charge is -2.09. The van der Waals surface area contributed by atoms with E-state index < -0.39 is 5.56 Å². The molecule has 6 nitrogen and oxygen atoms in total. The van der Waals surface area contributed by atoms with E-state index in [-0.39, 0.29) is 11.3 Å². The van der Waals surface area contributed by atoms with Crippen LogP contribution in [0.25, 0.3) is 33.3 Å². The van der Waals surface area contributed by atoms with Gasteiger partial charge in [-0.2, -0.15) is 4.73 Å². The molecule has 0 aliphatic rings. The van der Waals surface area contributed by atoms with E-state index in [4.69, 9.17) is 5.73 Å². The number of rotatable bonds is 2. The van der Waals surface area contributed by atoms with Crippen LogP contribution in [-0.2, 0) is 0 Å². The fraction of sp³-hybridized carbons (Fsp3) is 0. The number of fused-ring (bicyclic) bond motifs is 1. The SMILES string of the molecule is Nc1nc(-c2cccc(-c3ccccc3)c2)c2c(=O)n(O)ccc2n1. The van der Waals surface area contributed by atoms with Crippen LogP contribution in [0.2, 0.25) is 0 Å². The first-order valence-electron chi connectivity index (χ1n) is 7.67. The molecule has 0 aliphatic carbocycles. The number of nitrogens with two attached hydrogens (primary N) is 1. The standard InChI is InChI=1S/C19H14N4O2/c20-19-21-15-9-10-23(25)18(24)16(15)17(22-19)14-8-4-7-13(11-14)12-5-2-1-3-6-12/h1-11,25H,(H2,20,21,22). The lowest BCUT2D eigenvalue weighted by molar-refractivity contribution is 0.176. The highest BCUT2D eigenvalue weighted by atomic mass is 16.5. The number of nitrogens with zero attached hydrogens (tertiary/aromatic N) is 3. The molecular weight excluding hydrogens is 316 g/mol. The number of nitrogen functional groups attached to an aromatic ring is 1. The summed E-state index contributed by atoms with van der Waals surface area (Å²) in [5.74, 6) is 0.0719. The molecule has 0 saturated heterocycles.